The number of hydrogen-bond acceptors (Lipinski definition) is 3. The number of nitrogens with two attached hydrogens (primary N) is 1. The van der Waals surface area contributed by atoms with Gasteiger partial charge in [-0.3, -0.25) is 0 Å². The molecule has 19 heavy (non-hydrogen) atoms. The van der Waals surface area contributed by atoms with Crippen LogP contribution in [0.2, 0.25) is 0 Å². The van der Waals surface area contributed by atoms with Crippen molar-refractivity contribution in [3.05, 3.63) is 29.8 Å². The molecule has 104 valence electrons. The maximum absolute atomic E-state index is 12.1. The lowest BCUT2D eigenvalue weighted by atomic mass is 10.2. The Bertz CT molecular complexity index is 413. The van der Waals surface area contributed by atoms with E-state index in [1.165, 1.54) is 0 Å². The summed E-state index contributed by atoms with van der Waals surface area (Å²) < 4.78 is 5.26. The highest BCUT2D eigenvalue weighted by Gasteiger charge is 2.20. The number of hydrogen-bond donors (Lipinski definition) is 2. The number of nitrogens with one attached hydrogen (secondary N) is 1. The van der Waals surface area contributed by atoms with Crippen LogP contribution in [0.1, 0.15) is 18.9 Å². The van der Waals surface area contributed by atoms with Gasteiger partial charge in [0.05, 0.1) is 12.6 Å². The molecule has 2 rings (SSSR count). The SMILES string of the molecule is CCN(Cc1ccc(N)cc1)C(=O)NC1CCOC1. The van der Waals surface area contributed by atoms with Crippen molar-refractivity contribution in [1.29, 1.82) is 0 Å². The van der Waals surface area contributed by atoms with E-state index in [0.717, 1.165) is 24.3 Å². The van der Waals surface area contributed by atoms with Crippen LogP contribution in [-0.2, 0) is 11.3 Å². The number of carbonyl (C=O) groups excluding carboxylic acids is 1. The molecule has 0 spiro atoms. The molecule has 5 nitrogen and oxygen atoms in total. The second-order valence-electron chi connectivity index (χ2n) is 4.77. The Morgan fingerprint density at radius 2 is 2.21 bits per heavy atom. The number of amides is 2. The van der Waals surface area contributed by atoms with Gasteiger partial charge in [0.25, 0.3) is 0 Å². The Morgan fingerprint density at radius 3 is 2.79 bits per heavy atom. The van der Waals surface area contributed by atoms with Crippen LogP contribution in [0.25, 0.3) is 0 Å². The van der Waals surface area contributed by atoms with Crippen LogP contribution in [0.5, 0.6) is 0 Å². The highest BCUT2D eigenvalue weighted by Crippen LogP contribution is 2.10. The first-order valence-electron chi connectivity index (χ1n) is 6.66. The van der Waals surface area contributed by atoms with Crippen LogP contribution in [0, 0.1) is 0 Å². The molecule has 1 aliphatic heterocycles. The molecule has 1 aromatic carbocycles. The number of benzene rings is 1. The summed E-state index contributed by atoms with van der Waals surface area (Å²) >= 11 is 0. The van der Waals surface area contributed by atoms with E-state index in [1.807, 2.05) is 31.2 Å². The third kappa shape index (κ3) is 3.86. The number of rotatable bonds is 4. The molecule has 1 saturated heterocycles. The fourth-order valence-corrected chi connectivity index (χ4v) is 2.08. The summed E-state index contributed by atoms with van der Waals surface area (Å²) in [6.07, 6.45) is 0.894. The fraction of sp³-hybridized carbons (Fsp3) is 0.500. The van der Waals surface area contributed by atoms with Gasteiger partial charge in [0.2, 0.25) is 0 Å². The van der Waals surface area contributed by atoms with Gasteiger partial charge >= 0.3 is 6.03 Å². The van der Waals surface area contributed by atoms with Crippen molar-refractivity contribution in [2.75, 3.05) is 25.5 Å². The molecule has 0 bridgehead atoms. The quantitative estimate of drug-likeness (QED) is 0.811. The van der Waals surface area contributed by atoms with E-state index in [9.17, 15) is 4.79 Å². The van der Waals surface area contributed by atoms with Crippen molar-refractivity contribution in [3.8, 4) is 0 Å². The maximum Gasteiger partial charge on any atom is 0.317 e. The first-order chi connectivity index (χ1) is 9.19. The standard InChI is InChI=1S/C14H21N3O2/c1-2-17(9-11-3-5-12(15)6-4-11)14(18)16-13-7-8-19-10-13/h3-6,13H,2,7-10,15H2,1H3,(H,16,18). The van der Waals surface area contributed by atoms with Crippen LogP contribution in [0.4, 0.5) is 10.5 Å². The lowest BCUT2D eigenvalue weighted by Gasteiger charge is -2.23. The van der Waals surface area contributed by atoms with Crippen LogP contribution in [-0.4, -0.2) is 36.7 Å². The first-order valence-corrected chi connectivity index (χ1v) is 6.66. The zero-order valence-corrected chi connectivity index (χ0v) is 11.3. The van der Waals surface area contributed by atoms with Gasteiger partial charge in [-0.2, -0.15) is 0 Å². The molecule has 1 unspecified atom stereocenters. The minimum atomic E-state index is -0.0326. The number of ether oxygens (including phenoxy) is 1. The summed E-state index contributed by atoms with van der Waals surface area (Å²) in [6, 6.07) is 7.72. The fourth-order valence-electron chi connectivity index (χ4n) is 2.08. The Kier molecular flexibility index (Phi) is 4.63. The smallest absolute Gasteiger partial charge is 0.317 e. The monoisotopic (exact) mass is 263 g/mol. The highest BCUT2D eigenvalue weighted by molar-refractivity contribution is 5.74. The number of anilines is 1. The molecule has 0 radical (unpaired) electrons. The predicted octanol–water partition coefficient (Wildman–Crippen LogP) is 1.59. The number of nitrogen functional groups attached to an aromatic ring is 1. The van der Waals surface area contributed by atoms with Crippen molar-refractivity contribution in [1.82, 2.24) is 10.2 Å². The Labute approximate surface area is 113 Å². The Hall–Kier alpha value is -1.75. The average Bonchev–Trinajstić information content (AvgIpc) is 2.90. The lowest BCUT2D eigenvalue weighted by Crippen LogP contribution is -2.44. The van der Waals surface area contributed by atoms with Crippen molar-refractivity contribution in [3.63, 3.8) is 0 Å². The molecule has 0 aromatic heterocycles. The van der Waals surface area contributed by atoms with E-state index in [0.29, 0.717) is 19.7 Å². The largest absolute Gasteiger partial charge is 0.399 e. The lowest BCUT2D eigenvalue weighted by molar-refractivity contribution is 0.178. The number of carbonyl (C=O) groups is 1. The topological polar surface area (TPSA) is 67.6 Å². The van der Waals surface area contributed by atoms with Crippen molar-refractivity contribution in [2.24, 2.45) is 0 Å². The van der Waals surface area contributed by atoms with E-state index in [2.05, 4.69) is 5.32 Å². The third-order valence-corrected chi connectivity index (χ3v) is 3.28. The summed E-state index contributed by atoms with van der Waals surface area (Å²) in [5.74, 6) is 0. The first kappa shape index (κ1) is 13.7. The molecule has 1 heterocycles. The van der Waals surface area contributed by atoms with E-state index >= 15 is 0 Å². The third-order valence-electron chi connectivity index (χ3n) is 3.28. The Morgan fingerprint density at radius 1 is 1.47 bits per heavy atom. The predicted molar refractivity (Wildman–Crippen MR) is 74.7 cm³/mol. The second-order valence-corrected chi connectivity index (χ2v) is 4.77. The molecule has 1 aromatic rings. The van der Waals surface area contributed by atoms with E-state index in [-0.39, 0.29) is 12.1 Å². The highest BCUT2D eigenvalue weighted by atomic mass is 16.5. The summed E-state index contributed by atoms with van der Waals surface area (Å²) in [6.45, 7) is 4.59. The van der Waals surface area contributed by atoms with E-state index < -0.39 is 0 Å². The molecule has 0 aliphatic carbocycles. The van der Waals surface area contributed by atoms with E-state index in [1.54, 1.807) is 4.90 Å². The van der Waals surface area contributed by atoms with Crippen LogP contribution < -0.4 is 11.1 Å². The van der Waals surface area contributed by atoms with Crippen molar-refractivity contribution in [2.45, 2.75) is 25.9 Å². The minimum absolute atomic E-state index is 0.0326. The molecule has 5 heteroatoms. The van der Waals surface area contributed by atoms with Gasteiger partial charge in [-0.25, -0.2) is 4.79 Å². The summed E-state index contributed by atoms with van der Waals surface area (Å²) in [4.78, 5) is 13.9. The minimum Gasteiger partial charge on any atom is -0.399 e. The van der Waals surface area contributed by atoms with Gasteiger partial charge in [0.15, 0.2) is 0 Å². The van der Waals surface area contributed by atoms with E-state index in [4.69, 9.17) is 10.5 Å². The van der Waals surface area contributed by atoms with Gasteiger partial charge in [0, 0.05) is 25.4 Å². The summed E-state index contributed by atoms with van der Waals surface area (Å²) in [5, 5.41) is 3.00. The molecule has 1 atom stereocenters. The van der Waals surface area contributed by atoms with Gasteiger partial charge < -0.3 is 20.7 Å². The molecule has 1 aliphatic rings. The van der Waals surface area contributed by atoms with Crippen LogP contribution in [0.15, 0.2) is 24.3 Å². The van der Waals surface area contributed by atoms with Crippen molar-refractivity contribution < 1.29 is 9.53 Å². The molecular weight excluding hydrogens is 242 g/mol. The average molecular weight is 263 g/mol. The van der Waals surface area contributed by atoms with Gasteiger partial charge in [-0.15, -0.1) is 0 Å². The van der Waals surface area contributed by atoms with Crippen molar-refractivity contribution >= 4 is 11.7 Å². The summed E-state index contributed by atoms with van der Waals surface area (Å²) in [5.41, 5.74) is 7.47. The molecule has 2 amide bonds. The van der Waals surface area contributed by atoms with Gasteiger partial charge in [-0.1, -0.05) is 12.1 Å². The second kappa shape index (κ2) is 6.43. The van der Waals surface area contributed by atoms with Crippen LogP contribution in [0.3, 0.4) is 0 Å². The van der Waals surface area contributed by atoms with Crippen LogP contribution >= 0.6 is 0 Å². The van der Waals surface area contributed by atoms with Gasteiger partial charge in [-0.05, 0) is 31.0 Å². The zero-order chi connectivity index (χ0) is 13.7. The van der Waals surface area contributed by atoms with Gasteiger partial charge in [0.1, 0.15) is 0 Å². The number of urea groups is 1. The molecule has 3 N–H and O–H groups in total. The molecular formula is C14H21N3O2. The normalized spacial score (nSPS) is 18.3. The molecule has 0 saturated carbocycles. The number of nitrogens with zero attached hydrogens (tertiary/aromatic N) is 1. The zero-order valence-electron chi connectivity index (χ0n) is 11.3. The Balaban J connectivity index is 1.91. The summed E-state index contributed by atoms with van der Waals surface area (Å²) in [7, 11) is 0. The molecule has 1 fully saturated rings. The maximum atomic E-state index is 12.1.